The number of anilines is 1. The highest BCUT2D eigenvalue weighted by Gasteiger charge is 2.26. The van der Waals surface area contributed by atoms with Crippen LogP contribution in [0, 0.1) is 11.8 Å². The van der Waals surface area contributed by atoms with Crippen LogP contribution in [0.25, 0.3) is 0 Å². The average Bonchev–Trinajstić information content (AvgIpc) is 2.45. The van der Waals surface area contributed by atoms with Crippen LogP contribution in [-0.2, 0) is 22.4 Å². The fraction of sp³-hybridized carbons (Fsp3) is 0.500. The quantitative estimate of drug-likeness (QED) is 0.839. The molecule has 0 saturated carbocycles. The van der Waals surface area contributed by atoms with Crippen molar-refractivity contribution in [1.82, 2.24) is 0 Å². The van der Waals surface area contributed by atoms with Crippen LogP contribution >= 0.6 is 0 Å². The summed E-state index contributed by atoms with van der Waals surface area (Å²) >= 11 is 0. The van der Waals surface area contributed by atoms with Crippen molar-refractivity contribution < 1.29 is 14.7 Å². The maximum Gasteiger partial charge on any atom is 0.307 e. The van der Waals surface area contributed by atoms with E-state index in [1.54, 1.807) is 13.8 Å². The minimum atomic E-state index is -0.952. The molecule has 0 bridgehead atoms. The van der Waals surface area contributed by atoms with Gasteiger partial charge in [0.05, 0.1) is 5.92 Å². The smallest absolute Gasteiger partial charge is 0.307 e. The van der Waals surface area contributed by atoms with Gasteiger partial charge < -0.3 is 10.4 Å². The molecule has 2 atom stereocenters. The number of amides is 1. The number of aryl methyl sites for hydroxylation is 2. The van der Waals surface area contributed by atoms with Crippen LogP contribution in [0.2, 0.25) is 0 Å². The monoisotopic (exact) mass is 277 g/mol. The molecule has 0 spiro atoms. The van der Waals surface area contributed by atoms with Gasteiger partial charge in [-0.2, -0.15) is 0 Å². The molecule has 0 radical (unpaired) electrons. The van der Waals surface area contributed by atoms with Crippen molar-refractivity contribution in [2.24, 2.45) is 11.8 Å². The van der Waals surface area contributed by atoms with Crippen LogP contribution in [0.4, 0.5) is 5.69 Å². The fourth-order valence-corrected chi connectivity index (χ4v) is 2.08. The summed E-state index contributed by atoms with van der Waals surface area (Å²) in [6, 6.07) is 5.96. The van der Waals surface area contributed by atoms with Crippen LogP contribution in [0.3, 0.4) is 0 Å². The van der Waals surface area contributed by atoms with Crippen LogP contribution in [0.5, 0.6) is 0 Å². The molecule has 1 rings (SSSR count). The van der Waals surface area contributed by atoms with Gasteiger partial charge in [-0.15, -0.1) is 0 Å². The van der Waals surface area contributed by atoms with Crippen molar-refractivity contribution in [3.05, 3.63) is 29.3 Å². The number of carbonyl (C=O) groups is 2. The number of para-hydroxylation sites is 1. The van der Waals surface area contributed by atoms with Gasteiger partial charge in [0.25, 0.3) is 0 Å². The zero-order valence-corrected chi connectivity index (χ0v) is 12.6. The van der Waals surface area contributed by atoms with Crippen molar-refractivity contribution in [2.75, 3.05) is 5.32 Å². The molecule has 20 heavy (non-hydrogen) atoms. The third kappa shape index (κ3) is 3.59. The SMILES string of the molecule is CCc1cccc(CC)c1NC(=O)C(C)C(C)C(=O)O. The third-order valence-electron chi connectivity index (χ3n) is 3.80. The largest absolute Gasteiger partial charge is 0.481 e. The highest BCUT2D eigenvalue weighted by molar-refractivity contribution is 5.96. The fourth-order valence-electron chi connectivity index (χ4n) is 2.08. The lowest BCUT2D eigenvalue weighted by Crippen LogP contribution is -2.30. The van der Waals surface area contributed by atoms with E-state index in [1.165, 1.54) is 0 Å². The number of hydrogen-bond acceptors (Lipinski definition) is 2. The Bertz CT molecular complexity index is 474. The van der Waals surface area contributed by atoms with Crippen LogP contribution in [0.15, 0.2) is 18.2 Å². The Morgan fingerprint density at radius 2 is 1.60 bits per heavy atom. The standard InChI is InChI=1S/C16H23NO3/c1-5-12-8-7-9-13(6-2)14(12)17-15(18)10(3)11(4)16(19)20/h7-11H,5-6H2,1-4H3,(H,17,18)(H,19,20). The molecule has 1 aromatic rings. The maximum atomic E-state index is 12.2. The summed E-state index contributed by atoms with van der Waals surface area (Å²) in [5, 5.41) is 11.9. The molecular weight excluding hydrogens is 254 g/mol. The lowest BCUT2D eigenvalue weighted by molar-refractivity contribution is -0.145. The minimum Gasteiger partial charge on any atom is -0.481 e. The summed E-state index contributed by atoms with van der Waals surface area (Å²) in [7, 11) is 0. The Balaban J connectivity index is 2.98. The van der Waals surface area contributed by atoms with Crippen LogP contribution in [-0.4, -0.2) is 17.0 Å². The van der Waals surface area contributed by atoms with Gasteiger partial charge in [-0.3, -0.25) is 9.59 Å². The van der Waals surface area contributed by atoms with Gasteiger partial charge >= 0.3 is 5.97 Å². The highest BCUT2D eigenvalue weighted by Crippen LogP contribution is 2.24. The first-order chi connectivity index (χ1) is 9.42. The molecule has 1 aromatic carbocycles. The topological polar surface area (TPSA) is 66.4 Å². The molecule has 2 unspecified atom stereocenters. The molecule has 4 heteroatoms. The molecule has 1 amide bonds. The molecule has 0 heterocycles. The zero-order valence-electron chi connectivity index (χ0n) is 12.6. The summed E-state index contributed by atoms with van der Waals surface area (Å²) in [4.78, 5) is 23.2. The van der Waals surface area contributed by atoms with Crippen molar-refractivity contribution >= 4 is 17.6 Å². The number of hydrogen-bond donors (Lipinski definition) is 2. The number of carbonyl (C=O) groups excluding carboxylic acids is 1. The number of carboxylic acid groups (broad SMARTS) is 1. The van der Waals surface area contributed by atoms with E-state index in [2.05, 4.69) is 5.32 Å². The molecule has 2 N–H and O–H groups in total. The zero-order chi connectivity index (χ0) is 15.3. The predicted octanol–water partition coefficient (Wildman–Crippen LogP) is 3.11. The number of carboxylic acids is 1. The van der Waals surface area contributed by atoms with E-state index < -0.39 is 17.8 Å². The predicted molar refractivity (Wildman–Crippen MR) is 79.8 cm³/mol. The van der Waals surface area contributed by atoms with E-state index in [1.807, 2.05) is 32.0 Å². The van der Waals surface area contributed by atoms with Gasteiger partial charge in [-0.25, -0.2) is 0 Å². The number of nitrogens with one attached hydrogen (secondary N) is 1. The first kappa shape index (κ1) is 16.2. The maximum absolute atomic E-state index is 12.2. The lowest BCUT2D eigenvalue weighted by atomic mass is 9.94. The van der Waals surface area contributed by atoms with Crippen LogP contribution in [0.1, 0.15) is 38.8 Å². The molecule has 0 aliphatic heterocycles. The summed E-state index contributed by atoms with van der Waals surface area (Å²) in [5.41, 5.74) is 2.99. The summed E-state index contributed by atoms with van der Waals surface area (Å²) < 4.78 is 0. The second kappa shape index (κ2) is 7.08. The van der Waals surface area contributed by atoms with Gasteiger partial charge in [-0.1, -0.05) is 45.9 Å². The van der Waals surface area contributed by atoms with Gasteiger partial charge in [0, 0.05) is 11.6 Å². The second-order valence-corrected chi connectivity index (χ2v) is 5.06. The summed E-state index contributed by atoms with van der Waals surface area (Å²) in [6.45, 7) is 7.27. The van der Waals surface area contributed by atoms with E-state index in [0.717, 1.165) is 29.7 Å². The Morgan fingerprint density at radius 1 is 1.10 bits per heavy atom. The Hall–Kier alpha value is -1.84. The number of benzene rings is 1. The first-order valence-corrected chi connectivity index (χ1v) is 7.06. The molecule has 110 valence electrons. The van der Waals surface area contributed by atoms with Gasteiger partial charge in [-0.05, 0) is 24.0 Å². The van der Waals surface area contributed by atoms with Crippen molar-refractivity contribution in [3.63, 3.8) is 0 Å². The number of aliphatic carboxylic acids is 1. The van der Waals surface area contributed by atoms with Gasteiger partial charge in [0.15, 0.2) is 0 Å². The second-order valence-electron chi connectivity index (χ2n) is 5.06. The molecule has 0 aromatic heterocycles. The van der Waals surface area contributed by atoms with Crippen molar-refractivity contribution in [3.8, 4) is 0 Å². The first-order valence-electron chi connectivity index (χ1n) is 7.06. The summed E-state index contributed by atoms with van der Waals surface area (Å²) in [5.74, 6) is -2.46. The van der Waals surface area contributed by atoms with Gasteiger partial charge in [0.2, 0.25) is 5.91 Å². The van der Waals surface area contributed by atoms with Gasteiger partial charge in [0.1, 0.15) is 0 Å². The number of rotatable bonds is 6. The Morgan fingerprint density at radius 3 is 2.00 bits per heavy atom. The highest BCUT2D eigenvalue weighted by atomic mass is 16.4. The molecule has 4 nitrogen and oxygen atoms in total. The summed E-state index contributed by atoms with van der Waals surface area (Å²) in [6.07, 6.45) is 1.65. The molecule has 0 saturated heterocycles. The molecular formula is C16H23NO3. The van der Waals surface area contributed by atoms with Crippen LogP contribution < -0.4 is 5.32 Å². The lowest BCUT2D eigenvalue weighted by Gasteiger charge is -2.19. The molecule has 0 fully saturated rings. The van der Waals surface area contributed by atoms with E-state index in [9.17, 15) is 9.59 Å². The third-order valence-corrected chi connectivity index (χ3v) is 3.80. The average molecular weight is 277 g/mol. The van der Waals surface area contributed by atoms with E-state index in [-0.39, 0.29) is 5.91 Å². The Kier molecular flexibility index (Phi) is 5.74. The van der Waals surface area contributed by atoms with Crippen molar-refractivity contribution in [1.29, 1.82) is 0 Å². The van der Waals surface area contributed by atoms with Crippen molar-refractivity contribution in [2.45, 2.75) is 40.5 Å². The van der Waals surface area contributed by atoms with E-state index >= 15 is 0 Å². The normalized spacial score (nSPS) is 13.6. The Labute approximate surface area is 120 Å². The molecule has 0 aliphatic rings. The van der Waals surface area contributed by atoms with E-state index in [0.29, 0.717) is 0 Å². The minimum absolute atomic E-state index is 0.240. The molecule has 0 aliphatic carbocycles. The van der Waals surface area contributed by atoms with E-state index in [4.69, 9.17) is 5.11 Å².